The second-order valence-corrected chi connectivity index (χ2v) is 8.57. The predicted octanol–water partition coefficient (Wildman–Crippen LogP) is 3.07. The van der Waals surface area contributed by atoms with E-state index in [4.69, 9.17) is 9.15 Å². The average molecular weight is 434 g/mol. The van der Waals surface area contributed by atoms with Gasteiger partial charge in [0.05, 0.1) is 29.9 Å². The molecule has 1 unspecified atom stereocenters. The highest BCUT2D eigenvalue weighted by Gasteiger charge is 2.43. The second kappa shape index (κ2) is 8.48. The van der Waals surface area contributed by atoms with Gasteiger partial charge in [0.1, 0.15) is 11.6 Å². The molecule has 1 atom stereocenters. The molecule has 3 aromatic rings. The zero-order valence-corrected chi connectivity index (χ0v) is 18.5. The molecule has 0 saturated carbocycles. The summed E-state index contributed by atoms with van der Waals surface area (Å²) in [6.07, 6.45) is 2.49. The molecular weight excluding hydrogens is 406 g/mol. The van der Waals surface area contributed by atoms with Crippen molar-refractivity contribution in [2.75, 3.05) is 39.4 Å². The van der Waals surface area contributed by atoms with E-state index in [2.05, 4.69) is 9.88 Å². The van der Waals surface area contributed by atoms with Gasteiger partial charge in [0.15, 0.2) is 5.43 Å². The highest BCUT2D eigenvalue weighted by Crippen LogP contribution is 2.37. The molecule has 0 N–H and O–H groups in total. The molecule has 2 aliphatic heterocycles. The van der Waals surface area contributed by atoms with Crippen LogP contribution in [-0.4, -0.2) is 60.1 Å². The minimum Gasteiger partial charge on any atom is -0.450 e. The lowest BCUT2D eigenvalue weighted by Gasteiger charge is -2.28. The lowest BCUT2D eigenvalue weighted by Crippen LogP contribution is -2.39. The normalized spacial score (nSPS) is 19.0. The van der Waals surface area contributed by atoms with Gasteiger partial charge < -0.3 is 14.1 Å². The van der Waals surface area contributed by atoms with E-state index >= 15 is 0 Å². The number of rotatable bonds is 5. The summed E-state index contributed by atoms with van der Waals surface area (Å²) in [5, 5.41) is 0.510. The molecule has 166 valence electrons. The minimum atomic E-state index is -0.536. The standard InChI is InChI=1S/C25H27N3O4/c1-16-14-18-20(15-17(16)2)32-24-21(23(18)29)22(19-6-3-4-7-26-19)28(25(24)30)9-5-8-27-10-12-31-13-11-27/h3-4,6-7,14-15,22H,5,8-13H2,1-2H3. The zero-order valence-electron chi connectivity index (χ0n) is 18.5. The van der Waals surface area contributed by atoms with Crippen molar-refractivity contribution in [3.05, 3.63) is 74.9 Å². The second-order valence-electron chi connectivity index (χ2n) is 8.57. The maximum absolute atomic E-state index is 13.6. The summed E-state index contributed by atoms with van der Waals surface area (Å²) < 4.78 is 11.5. The fourth-order valence-corrected chi connectivity index (χ4v) is 4.64. The Morgan fingerprint density at radius 3 is 2.59 bits per heavy atom. The maximum Gasteiger partial charge on any atom is 0.290 e. The largest absolute Gasteiger partial charge is 0.450 e. The van der Waals surface area contributed by atoms with Gasteiger partial charge in [-0.1, -0.05) is 6.07 Å². The van der Waals surface area contributed by atoms with Crippen molar-refractivity contribution in [1.82, 2.24) is 14.8 Å². The molecule has 0 radical (unpaired) electrons. The van der Waals surface area contributed by atoms with E-state index in [0.29, 0.717) is 28.8 Å². The average Bonchev–Trinajstić information content (AvgIpc) is 3.09. The number of hydrogen-bond donors (Lipinski definition) is 0. The van der Waals surface area contributed by atoms with Gasteiger partial charge in [-0.2, -0.15) is 0 Å². The van der Waals surface area contributed by atoms with E-state index in [1.807, 2.05) is 44.2 Å². The minimum absolute atomic E-state index is 0.146. The van der Waals surface area contributed by atoms with E-state index in [-0.39, 0.29) is 17.1 Å². The van der Waals surface area contributed by atoms with Crippen LogP contribution in [0, 0.1) is 13.8 Å². The molecule has 5 rings (SSSR count). The van der Waals surface area contributed by atoms with Crippen LogP contribution in [0.5, 0.6) is 0 Å². The van der Waals surface area contributed by atoms with E-state index < -0.39 is 6.04 Å². The number of aromatic nitrogens is 1. The Hall–Kier alpha value is -3.03. The number of morpholine rings is 1. The van der Waals surface area contributed by atoms with E-state index in [0.717, 1.165) is 50.4 Å². The molecule has 4 heterocycles. The van der Waals surface area contributed by atoms with Crippen molar-refractivity contribution < 1.29 is 13.9 Å². The van der Waals surface area contributed by atoms with Gasteiger partial charge >= 0.3 is 0 Å². The Morgan fingerprint density at radius 1 is 1.06 bits per heavy atom. The van der Waals surface area contributed by atoms with Gasteiger partial charge in [-0.15, -0.1) is 0 Å². The van der Waals surface area contributed by atoms with Crippen LogP contribution in [-0.2, 0) is 4.74 Å². The third-order valence-corrected chi connectivity index (χ3v) is 6.53. The van der Waals surface area contributed by atoms with Crippen molar-refractivity contribution in [2.24, 2.45) is 0 Å². The summed E-state index contributed by atoms with van der Waals surface area (Å²) in [5.74, 6) is -0.0948. The first-order chi connectivity index (χ1) is 15.5. The van der Waals surface area contributed by atoms with Crippen LogP contribution in [0.25, 0.3) is 11.0 Å². The number of hydrogen-bond acceptors (Lipinski definition) is 6. The first-order valence-corrected chi connectivity index (χ1v) is 11.1. The summed E-state index contributed by atoms with van der Waals surface area (Å²) >= 11 is 0. The lowest BCUT2D eigenvalue weighted by atomic mass is 10.0. The van der Waals surface area contributed by atoms with Crippen LogP contribution in [0.2, 0.25) is 0 Å². The molecule has 1 aromatic carbocycles. The molecule has 7 nitrogen and oxygen atoms in total. The smallest absolute Gasteiger partial charge is 0.290 e. The number of carbonyl (C=O) groups excluding carboxylic acids is 1. The molecule has 2 aromatic heterocycles. The molecule has 32 heavy (non-hydrogen) atoms. The molecule has 0 aliphatic carbocycles. The van der Waals surface area contributed by atoms with Crippen LogP contribution in [0.4, 0.5) is 0 Å². The van der Waals surface area contributed by atoms with Gasteiger partial charge in [-0.05, 0) is 55.7 Å². The monoisotopic (exact) mass is 433 g/mol. The number of ether oxygens (including phenoxy) is 1. The molecule has 1 fully saturated rings. The first kappa shape index (κ1) is 20.8. The third kappa shape index (κ3) is 3.61. The maximum atomic E-state index is 13.6. The molecule has 0 bridgehead atoms. The zero-order chi connectivity index (χ0) is 22.2. The summed E-state index contributed by atoms with van der Waals surface area (Å²) in [7, 11) is 0. The number of carbonyl (C=O) groups is 1. The molecule has 1 saturated heterocycles. The number of fused-ring (bicyclic) bond motifs is 2. The molecule has 0 spiro atoms. The number of pyridine rings is 1. The van der Waals surface area contributed by atoms with Crippen LogP contribution >= 0.6 is 0 Å². The van der Waals surface area contributed by atoms with Crippen LogP contribution in [0.15, 0.2) is 45.7 Å². The van der Waals surface area contributed by atoms with Gasteiger partial charge in [0, 0.05) is 32.4 Å². The summed E-state index contributed by atoms with van der Waals surface area (Å²) in [4.78, 5) is 35.6. The Bertz CT molecular complexity index is 1220. The summed E-state index contributed by atoms with van der Waals surface area (Å²) in [5.41, 5.74) is 3.43. The summed E-state index contributed by atoms with van der Waals surface area (Å²) in [6, 6.07) is 8.75. The lowest BCUT2D eigenvalue weighted by molar-refractivity contribution is 0.0353. The van der Waals surface area contributed by atoms with Crippen molar-refractivity contribution in [3.63, 3.8) is 0 Å². The van der Waals surface area contributed by atoms with Crippen molar-refractivity contribution in [3.8, 4) is 0 Å². The molecule has 1 amide bonds. The van der Waals surface area contributed by atoms with Crippen LogP contribution in [0.3, 0.4) is 0 Å². The highest BCUT2D eigenvalue weighted by atomic mass is 16.5. The fraction of sp³-hybridized carbons (Fsp3) is 0.400. The van der Waals surface area contributed by atoms with Gasteiger partial charge in [-0.3, -0.25) is 19.5 Å². The number of amides is 1. The number of nitrogens with zero attached hydrogens (tertiary/aromatic N) is 3. The molecule has 7 heteroatoms. The van der Waals surface area contributed by atoms with Crippen LogP contribution in [0.1, 0.15) is 45.4 Å². The van der Waals surface area contributed by atoms with Gasteiger partial charge in [0.25, 0.3) is 5.91 Å². The van der Waals surface area contributed by atoms with E-state index in [9.17, 15) is 9.59 Å². The number of benzene rings is 1. The van der Waals surface area contributed by atoms with Gasteiger partial charge in [0.2, 0.25) is 5.76 Å². The Labute approximate surface area is 186 Å². The third-order valence-electron chi connectivity index (χ3n) is 6.53. The SMILES string of the molecule is Cc1cc2oc3c(c(=O)c2cc1C)C(c1ccccn1)N(CCCN1CCOCC1)C3=O. The van der Waals surface area contributed by atoms with E-state index in [1.54, 1.807) is 11.1 Å². The first-order valence-electron chi connectivity index (χ1n) is 11.1. The van der Waals surface area contributed by atoms with Crippen molar-refractivity contribution in [1.29, 1.82) is 0 Å². The van der Waals surface area contributed by atoms with E-state index in [1.165, 1.54) is 0 Å². The Balaban J connectivity index is 1.54. The quantitative estimate of drug-likeness (QED) is 0.616. The molecular formula is C25H27N3O4. The fourth-order valence-electron chi connectivity index (χ4n) is 4.64. The van der Waals surface area contributed by atoms with Crippen molar-refractivity contribution >= 4 is 16.9 Å². The summed E-state index contributed by atoms with van der Waals surface area (Å²) in [6.45, 7) is 8.64. The number of aryl methyl sites for hydroxylation is 2. The highest BCUT2D eigenvalue weighted by molar-refractivity contribution is 5.99. The Kier molecular flexibility index (Phi) is 5.53. The Morgan fingerprint density at radius 2 is 1.84 bits per heavy atom. The topological polar surface area (TPSA) is 75.9 Å². The van der Waals surface area contributed by atoms with Crippen molar-refractivity contribution in [2.45, 2.75) is 26.3 Å². The predicted molar refractivity (Wildman–Crippen MR) is 121 cm³/mol. The van der Waals surface area contributed by atoms with Gasteiger partial charge in [-0.25, -0.2) is 0 Å². The van der Waals surface area contributed by atoms with Crippen LogP contribution < -0.4 is 5.43 Å². The molecule has 2 aliphatic rings.